The van der Waals surface area contributed by atoms with Crippen molar-refractivity contribution in [3.8, 4) is 17.2 Å². The Morgan fingerprint density at radius 3 is 2.00 bits per heavy atom. The molecule has 2 rings (SSSR count). The molecule has 27 heavy (non-hydrogen) atoms. The van der Waals surface area contributed by atoms with E-state index < -0.39 is 18.0 Å². The Bertz CT molecular complexity index is 770. The van der Waals surface area contributed by atoms with Gasteiger partial charge in [0.15, 0.2) is 11.5 Å². The molecule has 0 spiro atoms. The summed E-state index contributed by atoms with van der Waals surface area (Å²) in [4.78, 5) is 24.2. The minimum atomic E-state index is -0.814. The monoisotopic (exact) mass is 373 g/mol. The van der Waals surface area contributed by atoms with Gasteiger partial charge in [-0.1, -0.05) is 30.3 Å². The predicted octanol–water partition coefficient (Wildman–Crippen LogP) is 2.32. The van der Waals surface area contributed by atoms with Gasteiger partial charge in [-0.05, 0) is 5.56 Å². The molecule has 3 N–H and O–H groups in total. The van der Waals surface area contributed by atoms with Crippen molar-refractivity contribution in [3.05, 3.63) is 48.0 Å². The third-order valence-corrected chi connectivity index (χ3v) is 3.83. The lowest BCUT2D eigenvalue weighted by atomic mass is 10.1. The molecule has 0 aromatic heterocycles. The fourth-order valence-electron chi connectivity index (χ4n) is 2.52. The first-order valence-corrected chi connectivity index (χ1v) is 8.18. The van der Waals surface area contributed by atoms with E-state index >= 15 is 0 Å². The summed E-state index contributed by atoms with van der Waals surface area (Å²) < 4.78 is 16.0. The number of urea groups is 1. The summed E-state index contributed by atoms with van der Waals surface area (Å²) >= 11 is 0. The Kier molecular flexibility index (Phi) is 6.87. The van der Waals surface area contributed by atoms with Crippen molar-refractivity contribution >= 4 is 17.6 Å². The highest BCUT2D eigenvalue weighted by Crippen LogP contribution is 2.40. The van der Waals surface area contributed by atoms with Gasteiger partial charge in [0.1, 0.15) is 6.04 Å². The molecule has 0 aliphatic rings. The van der Waals surface area contributed by atoms with E-state index in [4.69, 9.17) is 14.2 Å². The molecule has 0 saturated heterocycles. The summed E-state index contributed by atoms with van der Waals surface area (Å²) in [6, 6.07) is 11.0. The lowest BCUT2D eigenvalue weighted by Gasteiger charge is -2.21. The van der Waals surface area contributed by atoms with Crippen LogP contribution in [0.25, 0.3) is 0 Å². The Hall–Kier alpha value is -3.42. The number of hydrogen-bond acceptors (Lipinski definition) is 6. The summed E-state index contributed by atoms with van der Waals surface area (Å²) in [7, 11) is 5.96. The molecule has 1 atom stereocenters. The second-order valence-corrected chi connectivity index (χ2v) is 5.47. The summed E-state index contributed by atoms with van der Waals surface area (Å²) in [5.41, 5.74) is 1.25. The van der Waals surface area contributed by atoms with Gasteiger partial charge in [0, 0.05) is 24.9 Å². The van der Waals surface area contributed by atoms with Crippen LogP contribution in [0.1, 0.15) is 11.6 Å². The zero-order valence-corrected chi connectivity index (χ0v) is 15.7. The van der Waals surface area contributed by atoms with E-state index in [0.717, 1.165) is 0 Å². The molecule has 2 aromatic carbocycles. The Balaban J connectivity index is 2.40. The Labute approximate surface area is 157 Å². The van der Waals surface area contributed by atoms with Gasteiger partial charge in [-0.25, -0.2) is 4.79 Å². The molecular weight excluding hydrogens is 350 g/mol. The van der Waals surface area contributed by atoms with Crippen molar-refractivity contribution in [1.82, 2.24) is 10.6 Å². The van der Waals surface area contributed by atoms with Gasteiger partial charge in [-0.3, -0.25) is 10.1 Å². The third kappa shape index (κ3) is 4.81. The lowest BCUT2D eigenvalue weighted by Crippen LogP contribution is -2.42. The molecule has 3 amide bonds. The molecule has 0 radical (unpaired) electrons. The molecule has 2 aromatic rings. The van der Waals surface area contributed by atoms with Crippen LogP contribution in [0.3, 0.4) is 0 Å². The van der Waals surface area contributed by atoms with Gasteiger partial charge in [0.05, 0.1) is 21.3 Å². The molecule has 0 aliphatic carbocycles. The average molecular weight is 373 g/mol. The number of hydrogen-bond donors (Lipinski definition) is 3. The normalized spacial score (nSPS) is 11.1. The van der Waals surface area contributed by atoms with Crippen LogP contribution in [0, 0.1) is 0 Å². The Morgan fingerprint density at radius 2 is 1.52 bits per heavy atom. The molecule has 144 valence electrons. The van der Waals surface area contributed by atoms with E-state index in [2.05, 4.69) is 16.0 Å². The van der Waals surface area contributed by atoms with Crippen LogP contribution in [-0.4, -0.2) is 40.3 Å². The van der Waals surface area contributed by atoms with E-state index in [1.54, 1.807) is 24.3 Å². The molecule has 0 heterocycles. The maximum absolute atomic E-state index is 12.6. The number of rotatable bonds is 7. The number of methoxy groups -OCH3 is 3. The van der Waals surface area contributed by atoms with Crippen LogP contribution in [0.4, 0.5) is 10.5 Å². The van der Waals surface area contributed by atoms with Crippen molar-refractivity contribution in [2.75, 3.05) is 33.7 Å². The SMILES string of the molecule is CNC(=O)NC(=O)[C@H](Nc1cc(OC)c(OC)c(OC)c1)c1ccccc1. The van der Waals surface area contributed by atoms with E-state index in [0.29, 0.717) is 28.5 Å². The van der Waals surface area contributed by atoms with Crippen LogP contribution in [0.2, 0.25) is 0 Å². The molecule has 0 fully saturated rings. The predicted molar refractivity (Wildman–Crippen MR) is 102 cm³/mol. The third-order valence-electron chi connectivity index (χ3n) is 3.83. The molecule has 0 aliphatic heterocycles. The number of nitrogens with one attached hydrogen (secondary N) is 3. The molecule has 0 unspecified atom stereocenters. The van der Waals surface area contributed by atoms with Gasteiger partial charge in [-0.15, -0.1) is 0 Å². The number of carbonyl (C=O) groups is 2. The highest BCUT2D eigenvalue weighted by molar-refractivity contribution is 5.98. The highest BCUT2D eigenvalue weighted by atomic mass is 16.5. The number of ether oxygens (including phenoxy) is 3. The summed E-state index contributed by atoms with van der Waals surface area (Å²) in [6.45, 7) is 0. The van der Waals surface area contributed by atoms with Crippen LogP contribution in [-0.2, 0) is 4.79 Å². The van der Waals surface area contributed by atoms with Crippen LogP contribution in [0.5, 0.6) is 17.2 Å². The molecular formula is C19H23N3O5. The lowest BCUT2D eigenvalue weighted by molar-refractivity contribution is -0.120. The van der Waals surface area contributed by atoms with Gasteiger partial charge < -0.3 is 24.8 Å². The van der Waals surface area contributed by atoms with Gasteiger partial charge in [-0.2, -0.15) is 0 Å². The van der Waals surface area contributed by atoms with Crippen molar-refractivity contribution < 1.29 is 23.8 Å². The summed E-state index contributed by atoms with van der Waals surface area (Å²) in [6.07, 6.45) is 0. The van der Waals surface area contributed by atoms with Crippen LogP contribution < -0.4 is 30.2 Å². The second kappa shape index (κ2) is 9.33. The molecule has 0 bridgehead atoms. The van der Waals surface area contributed by atoms with Crippen LogP contribution in [0.15, 0.2) is 42.5 Å². The molecule has 0 saturated carbocycles. The van der Waals surface area contributed by atoms with E-state index in [-0.39, 0.29) is 0 Å². The van der Waals surface area contributed by atoms with E-state index in [1.165, 1.54) is 28.4 Å². The van der Waals surface area contributed by atoms with Gasteiger partial charge >= 0.3 is 6.03 Å². The van der Waals surface area contributed by atoms with E-state index in [1.807, 2.05) is 18.2 Å². The fourth-order valence-corrected chi connectivity index (χ4v) is 2.52. The first-order chi connectivity index (χ1) is 13.0. The topological polar surface area (TPSA) is 97.9 Å². The number of amides is 3. The number of anilines is 1. The zero-order valence-electron chi connectivity index (χ0n) is 15.7. The summed E-state index contributed by atoms with van der Waals surface area (Å²) in [5, 5.41) is 7.77. The van der Waals surface area contributed by atoms with E-state index in [9.17, 15) is 9.59 Å². The fraction of sp³-hybridized carbons (Fsp3) is 0.263. The smallest absolute Gasteiger partial charge is 0.321 e. The average Bonchev–Trinajstić information content (AvgIpc) is 2.71. The van der Waals surface area contributed by atoms with Crippen molar-refractivity contribution in [2.24, 2.45) is 0 Å². The van der Waals surface area contributed by atoms with Crippen molar-refractivity contribution in [2.45, 2.75) is 6.04 Å². The highest BCUT2D eigenvalue weighted by Gasteiger charge is 2.23. The number of benzene rings is 2. The first kappa shape index (κ1) is 19.9. The van der Waals surface area contributed by atoms with Crippen molar-refractivity contribution in [3.63, 3.8) is 0 Å². The van der Waals surface area contributed by atoms with Gasteiger partial charge in [0.2, 0.25) is 5.75 Å². The number of imide groups is 1. The standard InChI is InChI=1S/C19H23N3O5/c1-20-19(24)22-18(23)16(12-8-6-5-7-9-12)21-13-10-14(25-2)17(27-4)15(11-13)26-3/h5-11,16,21H,1-4H3,(H2,20,22,23,24)/t16-/m1/s1. The Morgan fingerprint density at radius 1 is 0.926 bits per heavy atom. The molecule has 8 heteroatoms. The maximum atomic E-state index is 12.6. The maximum Gasteiger partial charge on any atom is 0.321 e. The number of carbonyl (C=O) groups excluding carboxylic acids is 2. The largest absolute Gasteiger partial charge is 0.493 e. The zero-order chi connectivity index (χ0) is 19.8. The van der Waals surface area contributed by atoms with Gasteiger partial charge in [0.25, 0.3) is 5.91 Å². The summed E-state index contributed by atoms with van der Waals surface area (Å²) in [5.74, 6) is 0.821. The first-order valence-electron chi connectivity index (χ1n) is 8.18. The quantitative estimate of drug-likeness (QED) is 0.689. The second-order valence-electron chi connectivity index (χ2n) is 5.47. The minimum absolute atomic E-state index is 0.441. The van der Waals surface area contributed by atoms with Crippen LogP contribution >= 0.6 is 0 Å². The molecule has 8 nitrogen and oxygen atoms in total. The van der Waals surface area contributed by atoms with Crippen molar-refractivity contribution in [1.29, 1.82) is 0 Å². The minimum Gasteiger partial charge on any atom is -0.493 e.